The van der Waals surface area contributed by atoms with Gasteiger partial charge in [0, 0.05) is 43.2 Å². The Labute approximate surface area is 197 Å². The van der Waals surface area contributed by atoms with Crippen molar-refractivity contribution in [3.05, 3.63) is 30.1 Å². The molecule has 0 spiro atoms. The van der Waals surface area contributed by atoms with Crippen LogP contribution < -0.4 is 10.2 Å². The summed E-state index contributed by atoms with van der Waals surface area (Å²) >= 11 is 1.53. The van der Waals surface area contributed by atoms with E-state index in [9.17, 15) is 9.18 Å². The first-order valence-electron chi connectivity index (χ1n) is 11.8. The number of piperazine rings is 1. The van der Waals surface area contributed by atoms with E-state index < -0.39 is 0 Å². The number of anilines is 2. The Morgan fingerprint density at radius 3 is 2.55 bits per heavy atom. The summed E-state index contributed by atoms with van der Waals surface area (Å²) in [6, 6.07) is 6.50. The quantitative estimate of drug-likeness (QED) is 0.602. The molecule has 1 aliphatic carbocycles. The van der Waals surface area contributed by atoms with Gasteiger partial charge in [0.2, 0.25) is 16.0 Å². The lowest BCUT2D eigenvalue weighted by Crippen LogP contribution is -2.50. The second-order valence-electron chi connectivity index (χ2n) is 10.1. The summed E-state index contributed by atoms with van der Waals surface area (Å²) in [4.78, 5) is 22.6. The lowest BCUT2D eigenvalue weighted by atomic mass is 10.1. The number of hydrogen-bond donors (Lipinski definition) is 1. The average molecular weight is 471 g/mol. The smallest absolute Gasteiger partial charge is 0.225 e. The third-order valence-electron chi connectivity index (χ3n) is 6.35. The molecule has 0 atom stereocenters. The Bertz CT molecular complexity index is 1150. The van der Waals surface area contributed by atoms with Gasteiger partial charge in [-0.2, -0.15) is 4.52 Å². The molecule has 1 aliphatic heterocycles. The molecule has 1 amide bonds. The molecule has 2 fully saturated rings. The molecule has 2 aliphatic rings. The first-order valence-corrected chi connectivity index (χ1v) is 12.6. The number of rotatable bonds is 4. The second kappa shape index (κ2) is 8.59. The number of amides is 1. The summed E-state index contributed by atoms with van der Waals surface area (Å²) in [5.74, 6) is 1.04. The number of imidazole rings is 1. The number of aromatic nitrogens is 3. The fourth-order valence-electron chi connectivity index (χ4n) is 4.72. The van der Waals surface area contributed by atoms with Crippen molar-refractivity contribution in [2.24, 2.45) is 5.92 Å². The summed E-state index contributed by atoms with van der Waals surface area (Å²) in [5, 5.41) is 9.28. The van der Waals surface area contributed by atoms with Gasteiger partial charge in [-0.25, -0.2) is 9.37 Å². The minimum atomic E-state index is -0.288. The van der Waals surface area contributed by atoms with Crippen LogP contribution in [0.1, 0.15) is 46.5 Å². The number of carbonyl (C=O) groups excluding carboxylic acids is 1. The third kappa shape index (κ3) is 4.55. The molecule has 1 saturated carbocycles. The van der Waals surface area contributed by atoms with Gasteiger partial charge in [0.1, 0.15) is 11.5 Å². The number of halogens is 1. The predicted molar refractivity (Wildman–Crippen MR) is 130 cm³/mol. The van der Waals surface area contributed by atoms with Gasteiger partial charge in [-0.15, -0.1) is 5.10 Å². The molecule has 9 heteroatoms. The minimum absolute atomic E-state index is 0.214. The Hall–Kier alpha value is -2.68. The van der Waals surface area contributed by atoms with Crippen LogP contribution in [0.4, 0.5) is 15.3 Å². The summed E-state index contributed by atoms with van der Waals surface area (Å²) in [6.45, 7) is 9.25. The molecule has 0 radical (unpaired) electrons. The molecule has 1 aromatic carbocycles. The van der Waals surface area contributed by atoms with Crippen LogP contribution in [0, 0.1) is 11.7 Å². The highest BCUT2D eigenvalue weighted by atomic mass is 32.1. The van der Waals surface area contributed by atoms with Crippen molar-refractivity contribution in [1.29, 1.82) is 0 Å². The van der Waals surface area contributed by atoms with Crippen molar-refractivity contribution < 1.29 is 9.18 Å². The van der Waals surface area contributed by atoms with Crippen LogP contribution in [-0.4, -0.2) is 57.1 Å². The molecule has 33 heavy (non-hydrogen) atoms. The van der Waals surface area contributed by atoms with E-state index in [0.29, 0.717) is 11.6 Å². The molecule has 176 valence electrons. The molecule has 3 heterocycles. The van der Waals surface area contributed by atoms with Gasteiger partial charge in [0.25, 0.3) is 0 Å². The summed E-state index contributed by atoms with van der Waals surface area (Å²) in [6.07, 6.45) is 4.44. The standard InChI is InChI=1S/C24H31FN6OS/c1-24(2,3)27-20-19(17-9-6-10-18(25)15-17)26-22-31(20)28-23(33-22)30-13-11-29(12-14-30)21(32)16-7-4-5-8-16/h6,9-10,15-16,27H,4-5,7-8,11-14H2,1-3H3. The Kier molecular flexibility index (Phi) is 5.76. The van der Waals surface area contributed by atoms with E-state index >= 15 is 0 Å². The molecular weight excluding hydrogens is 439 g/mol. The molecule has 1 N–H and O–H groups in total. The average Bonchev–Trinajstić information content (AvgIpc) is 3.50. The highest BCUT2D eigenvalue weighted by molar-refractivity contribution is 7.20. The maximum atomic E-state index is 13.9. The zero-order valence-corrected chi connectivity index (χ0v) is 20.3. The highest BCUT2D eigenvalue weighted by Crippen LogP contribution is 2.35. The third-order valence-corrected chi connectivity index (χ3v) is 7.32. The number of nitrogens with one attached hydrogen (secondary N) is 1. The fraction of sp³-hybridized carbons (Fsp3) is 0.542. The SMILES string of the molecule is CC(C)(C)Nc1c(-c2cccc(F)c2)nc2sc(N3CCN(C(=O)C4CCCC4)CC3)nn12. The maximum Gasteiger partial charge on any atom is 0.225 e. The second-order valence-corrected chi connectivity index (χ2v) is 11.0. The van der Waals surface area contributed by atoms with Crippen molar-refractivity contribution >= 4 is 33.2 Å². The summed E-state index contributed by atoms with van der Waals surface area (Å²) in [7, 11) is 0. The van der Waals surface area contributed by atoms with E-state index in [-0.39, 0.29) is 17.3 Å². The van der Waals surface area contributed by atoms with Gasteiger partial charge in [-0.1, -0.05) is 36.3 Å². The van der Waals surface area contributed by atoms with Crippen molar-refractivity contribution in [2.75, 3.05) is 36.4 Å². The van der Waals surface area contributed by atoms with E-state index in [1.807, 2.05) is 15.5 Å². The molecule has 7 nitrogen and oxygen atoms in total. The molecule has 3 aromatic rings. The first-order chi connectivity index (χ1) is 15.8. The molecular formula is C24H31FN6OS. The van der Waals surface area contributed by atoms with Gasteiger partial charge in [-0.3, -0.25) is 4.79 Å². The Morgan fingerprint density at radius 2 is 1.88 bits per heavy atom. The van der Waals surface area contributed by atoms with Crippen molar-refractivity contribution in [3.63, 3.8) is 0 Å². The van der Waals surface area contributed by atoms with Gasteiger partial charge in [-0.05, 0) is 45.7 Å². The zero-order chi connectivity index (χ0) is 23.2. The van der Waals surface area contributed by atoms with Crippen molar-refractivity contribution in [1.82, 2.24) is 19.5 Å². The van der Waals surface area contributed by atoms with Crippen LogP contribution in [-0.2, 0) is 4.79 Å². The van der Waals surface area contributed by atoms with Crippen LogP contribution >= 0.6 is 11.3 Å². The van der Waals surface area contributed by atoms with Gasteiger partial charge >= 0.3 is 0 Å². The molecule has 2 aromatic heterocycles. The van der Waals surface area contributed by atoms with Gasteiger partial charge in [0.15, 0.2) is 5.82 Å². The fourth-order valence-corrected chi connectivity index (χ4v) is 5.67. The summed E-state index contributed by atoms with van der Waals surface area (Å²) < 4.78 is 15.7. The van der Waals surface area contributed by atoms with Crippen molar-refractivity contribution in [3.8, 4) is 11.3 Å². The monoisotopic (exact) mass is 470 g/mol. The van der Waals surface area contributed by atoms with Crippen LogP contribution in [0.3, 0.4) is 0 Å². The molecule has 0 unspecified atom stereocenters. The van der Waals surface area contributed by atoms with E-state index in [0.717, 1.165) is 60.5 Å². The first kappa shape index (κ1) is 22.1. The normalized spacial score (nSPS) is 17.8. The maximum absolute atomic E-state index is 13.9. The van der Waals surface area contributed by atoms with Crippen LogP contribution in [0.5, 0.6) is 0 Å². The largest absolute Gasteiger partial charge is 0.364 e. The van der Waals surface area contributed by atoms with Crippen molar-refractivity contribution in [2.45, 2.75) is 52.0 Å². The zero-order valence-electron chi connectivity index (χ0n) is 19.5. The Morgan fingerprint density at radius 1 is 1.15 bits per heavy atom. The van der Waals surface area contributed by atoms with E-state index in [2.05, 4.69) is 31.0 Å². The summed E-state index contributed by atoms with van der Waals surface area (Å²) in [5.41, 5.74) is 1.20. The minimum Gasteiger partial charge on any atom is -0.364 e. The Balaban J connectivity index is 1.39. The number of carbonyl (C=O) groups is 1. The lowest BCUT2D eigenvalue weighted by Gasteiger charge is -2.35. The topological polar surface area (TPSA) is 65.8 Å². The van der Waals surface area contributed by atoms with Crippen LogP contribution in [0.2, 0.25) is 0 Å². The number of nitrogens with zero attached hydrogens (tertiary/aromatic N) is 5. The number of fused-ring (bicyclic) bond motifs is 1. The molecule has 5 rings (SSSR count). The van der Waals surface area contributed by atoms with Crippen LogP contribution in [0.15, 0.2) is 24.3 Å². The lowest BCUT2D eigenvalue weighted by molar-refractivity contribution is -0.135. The number of hydrogen-bond acceptors (Lipinski definition) is 6. The van der Waals surface area contributed by atoms with E-state index in [4.69, 9.17) is 10.1 Å². The highest BCUT2D eigenvalue weighted by Gasteiger charge is 2.31. The predicted octanol–water partition coefficient (Wildman–Crippen LogP) is 4.65. The number of benzene rings is 1. The van der Waals surface area contributed by atoms with E-state index in [1.165, 1.54) is 36.3 Å². The molecule has 1 saturated heterocycles. The van der Waals surface area contributed by atoms with Gasteiger partial charge < -0.3 is 15.1 Å². The van der Waals surface area contributed by atoms with Crippen LogP contribution in [0.25, 0.3) is 16.2 Å². The molecule has 0 bridgehead atoms. The van der Waals surface area contributed by atoms with E-state index in [1.54, 1.807) is 6.07 Å². The van der Waals surface area contributed by atoms with Gasteiger partial charge in [0.05, 0.1) is 0 Å².